The molecule has 0 amide bonds. The van der Waals surface area contributed by atoms with Crippen LogP contribution in [-0.2, 0) is 10.1 Å². The standard InChI is InChI=1S/C12H13N3O3S/c13-8-1-4-10(5-2-8)15-11-6-3-9(14)7-12(11)19(16,17)18/h1-7,15H,13-14H2,(H,16,17,18). The summed E-state index contributed by atoms with van der Waals surface area (Å²) in [6, 6.07) is 10.9. The number of hydrogen-bond acceptors (Lipinski definition) is 5. The predicted octanol–water partition coefficient (Wildman–Crippen LogP) is 1.84. The molecule has 0 atom stereocenters. The first-order chi connectivity index (χ1) is 8.86. The molecule has 19 heavy (non-hydrogen) atoms. The van der Waals surface area contributed by atoms with E-state index in [1.54, 1.807) is 24.3 Å². The quantitative estimate of drug-likeness (QED) is 0.503. The van der Waals surface area contributed by atoms with Crippen molar-refractivity contribution in [2.75, 3.05) is 16.8 Å². The van der Waals surface area contributed by atoms with Crippen molar-refractivity contribution in [2.24, 2.45) is 0 Å². The van der Waals surface area contributed by atoms with Crippen molar-refractivity contribution in [2.45, 2.75) is 4.90 Å². The molecular formula is C12H13N3O3S. The maximum Gasteiger partial charge on any atom is 0.296 e. The van der Waals surface area contributed by atoms with Gasteiger partial charge in [-0.05, 0) is 42.5 Å². The van der Waals surface area contributed by atoms with Gasteiger partial charge in [-0.25, -0.2) is 0 Å². The number of rotatable bonds is 3. The molecule has 0 unspecified atom stereocenters. The van der Waals surface area contributed by atoms with Crippen LogP contribution in [0.3, 0.4) is 0 Å². The molecule has 7 heteroatoms. The number of nitrogens with one attached hydrogen (secondary N) is 1. The number of benzene rings is 2. The number of anilines is 4. The lowest BCUT2D eigenvalue weighted by molar-refractivity contribution is 0.483. The van der Waals surface area contributed by atoms with E-state index in [4.69, 9.17) is 11.5 Å². The summed E-state index contributed by atoms with van der Waals surface area (Å²) in [6.07, 6.45) is 0. The van der Waals surface area contributed by atoms with Crippen molar-refractivity contribution in [3.8, 4) is 0 Å². The van der Waals surface area contributed by atoms with Gasteiger partial charge in [-0.3, -0.25) is 4.55 Å². The van der Waals surface area contributed by atoms with E-state index >= 15 is 0 Å². The topological polar surface area (TPSA) is 118 Å². The lowest BCUT2D eigenvalue weighted by Crippen LogP contribution is -2.04. The number of hydrogen-bond donors (Lipinski definition) is 4. The second kappa shape index (κ2) is 4.79. The van der Waals surface area contributed by atoms with Gasteiger partial charge in [-0.1, -0.05) is 0 Å². The molecule has 100 valence electrons. The first-order valence-corrected chi connectivity index (χ1v) is 6.80. The fourth-order valence-electron chi connectivity index (χ4n) is 1.58. The number of nitrogen functional groups attached to an aromatic ring is 2. The zero-order chi connectivity index (χ0) is 14.0. The molecule has 0 fully saturated rings. The van der Waals surface area contributed by atoms with Gasteiger partial charge in [-0.2, -0.15) is 8.42 Å². The van der Waals surface area contributed by atoms with Crippen LogP contribution in [0.1, 0.15) is 0 Å². The van der Waals surface area contributed by atoms with Crippen molar-refractivity contribution in [3.05, 3.63) is 42.5 Å². The van der Waals surface area contributed by atoms with Crippen molar-refractivity contribution in [1.82, 2.24) is 0 Å². The summed E-state index contributed by atoms with van der Waals surface area (Å²) in [6.45, 7) is 0. The summed E-state index contributed by atoms with van der Waals surface area (Å²) in [7, 11) is -4.35. The minimum absolute atomic E-state index is 0.237. The van der Waals surface area contributed by atoms with E-state index in [0.29, 0.717) is 11.4 Å². The molecule has 0 heterocycles. The van der Waals surface area contributed by atoms with Gasteiger partial charge in [-0.15, -0.1) is 0 Å². The van der Waals surface area contributed by atoms with Crippen LogP contribution in [0.4, 0.5) is 22.7 Å². The highest BCUT2D eigenvalue weighted by Gasteiger charge is 2.16. The molecule has 6 nitrogen and oxygen atoms in total. The van der Waals surface area contributed by atoms with Crippen LogP contribution < -0.4 is 16.8 Å². The van der Waals surface area contributed by atoms with E-state index in [9.17, 15) is 13.0 Å². The van der Waals surface area contributed by atoms with E-state index in [2.05, 4.69) is 5.32 Å². The Kier molecular flexibility index (Phi) is 3.32. The normalized spacial score (nSPS) is 11.2. The molecule has 0 aliphatic rings. The Morgan fingerprint density at radius 2 is 1.53 bits per heavy atom. The molecule has 0 aliphatic carbocycles. The Labute approximate surface area is 110 Å². The first-order valence-electron chi connectivity index (χ1n) is 5.36. The van der Waals surface area contributed by atoms with Gasteiger partial charge in [0, 0.05) is 17.1 Å². The first kappa shape index (κ1) is 13.2. The summed E-state index contributed by atoms with van der Waals surface area (Å²) in [5.74, 6) is 0. The highest BCUT2D eigenvalue weighted by Crippen LogP contribution is 2.27. The Morgan fingerprint density at radius 1 is 0.947 bits per heavy atom. The fourth-order valence-corrected chi connectivity index (χ4v) is 2.26. The smallest absolute Gasteiger partial charge is 0.296 e. The van der Waals surface area contributed by atoms with Crippen molar-refractivity contribution < 1.29 is 13.0 Å². The van der Waals surface area contributed by atoms with Crippen LogP contribution in [0.5, 0.6) is 0 Å². The van der Waals surface area contributed by atoms with E-state index in [0.717, 1.165) is 0 Å². The zero-order valence-corrected chi connectivity index (χ0v) is 10.7. The third-order valence-electron chi connectivity index (χ3n) is 2.47. The molecule has 0 saturated heterocycles. The van der Waals surface area contributed by atoms with Crippen LogP contribution in [-0.4, -0.2) is 13.0 Å². The Morgan fingerprint density at radius 3 is 2.11 bits per heavy atom. The minimum Gasteiger partial charge on any atom is -0.399 e. The molecule has 2 aromatic rings. The van der Waals surface area contributed by atoms with Crippen LogP contribution in [0.25, 0.3) is 0 Å². The third-order valence-corrected chi connectivity index (χ3v) is 3.37. The average molecular weight is 279 g/mol. The third kappa shape index (κ3) is 3.15. The predicted molar refractivity (Wildman–Crippen MR) is 74.8 cm³/mol. The molecular weight excluding hydrogens is 266 g/mol. The summed E-state index contributed by atoms with van der Waals surface area (Å²) in [5, 5.41) is 2.88. The van der Waals surface area contributed by atoms with E-state index in [1.165, 1.54) is 18.2 Å². The molecule has 6 N–H and O–H groups in total. The fraction of sp³-hybridized carbons (Fsp3) is 0. The Balaban J connectivity index is 2.43. The lowest BCUT2D eigenvalue weighted by atomic mass is 10.2. The monoisotopic (exact) mass is 279 g/mol. The zero-order valence-electron chi connectivity index (χ0n) is 9.87. The summed E-state index contributed by atoms with van der Waals surface area (Å²) >= 11 is 0. The second-order valence-corrected chi connectivity index (χ2v) is 5.37. The van der Waals surface area contributed by atoms with Crippen LogP contribution in [0.2, 0.25) is 0 Å². The largest absolute Gasteiger partial charge is 0.399 e. The summed E-state index contributed by atoms with van der Waals surface area (Å²) < 4.78 is 31.8. The molecule has 0 saturated carbocycles. The molecule has 0 radical (unpaired) electrons. The van der Waals surface area contributed by atoms with Crippen LogP contribution >= 0.6 is 0 Å². The van der Waals surface area contributed by atoms with Gasteiger partial charge in [0.15, 0.2) is 0 Å². The molecule has 2 rings (SSSR count). The van der Waals surface area contributed by atoms with E-state index in [-0.39, 0.29) is 16.3 Å². The van der Waals surface area contributed by atoms with Gasteiger partial charge in [0.2, 0.25) is 0 Å². The molecule has 0 bridgehead atoms. The maximum absolute atomic E-state index is 11.3. The molecule has 0 aliphatic heterocycles. The second-order valence-electron chi connectivity index (χ2n) is 3.98. The maximum atomic E-state index is 11.3. The Hall–Kier alpha value is -2.25. The highest BCUT2D eigenvalue weighted by atomic mass is 32.2. The van der Waals surface area contributed by atoms with E-state index in [1.807, 2.05) is 0 Å². The van der Waals surface area contributed by atoms with Crippen LogP contribution in [0, 0.1) is 0 Å². The average Bonchev–Trinajstić information content (AvgIpc) is 2.33. The van der Waals surface area contributed by atoms with E-state index < -0.39 is 10.1 Å². The van der Waals surface area contributed by atoms with Gasteiger partial charge < -0.3 is 16.8 Å². The van der Waals surface area contributed by atoms with Crippen molar-refractivity contribution >= 4 is 32.9 Å². The number of nitrogens with two attached hydrogens (primary N) is 2. The van der Waals surface area contributed by atoms with Gasteiger partial charge >= 0.3 is 0 Å². The molecule has 0 spiro atoms. The lowest BCUT2D eigenvalue weighted by Gasteiger charge is -2.11. The van der Waals surface area contributed by atoms with Crippen molar-refractivity contribution in [3.63, 3.8) is 0 Å². The van der Waals surface area contributed by atoms with Gasteiger partial charge in [0.25, 0.3) is 10.1 Å². The van der Waals surface area contributed by atoms with Gasteiger partial charge in [0.1, 0.15) is 4.90 Å². The summed E-state index contributed by atoms with van der Waals surface area (Å²) in [4.78, 5) is -0.274. The highest BCUT2D eigenvalue weighted by molar-refractivity contribution is 7.86. The molecule has 2 aromatic carbocycles. The molecule has 0 aromatic heterocycles. The summed E-state index contributed by atoms with van der Waals surface area (Å²) in [5.41, 5.74) is 12.8. The van der Waals surface area contributed by atoms with Crippen LogP contribution in [0.15, 0.2) is 47.4 Å². The Bertz CT molecular complexity index is 697. The van der Waals surface area contributed by atoms with Gasteiger partial charge in [0.05, 0.1) is 5.69 Å². The minimum atomic E-state index is -4.35. The van der Waals surface area contributed by atoms with Crippen molar-refractivity contribution in [1.29, 1.82) is 0 Å². The SMILES string of the molecule is Nc1ccc(Nc2ccc(N)cc2S(=O)(=O)O)cc1.